The number of rotatable bonds is 38. The summed E-state index contributed by atoms with van der Waals surface area (Å²) in [6.45, 7) is 31.6. The molecule has 6 aromatic rings. The number of amides is 6. The number of nitrogens with one attached hydrogen (secondary N) is 4. The molecule has 0 fully saturated rings. The third kappa shape index (κ3) is 44.4. The van der Waals surface area contributed by atoms with E-state index in [9.17, 15) is 57.5 Å². The summed E-state index contributed by atoms with van der Waals surface area (Å²) < 4.78 is 149. The Bertz CT molecular complexity index is 5200. The summed E-state index contributed by atoms with van der Waals surface area (Å²) in [5.74, 6) is -7.11. The van der Waals surface area contributed by atoms with Crippen molar-refractivity contribution in [1.29, 1.82) is 0 Å². The molecule has 4 N–H and O–H groups in total. The van der Waals surface area contributed by atoms with E-state index in [1.807, 2.05) is 0 Å². The van der Waals surface area contributed by atoms with Crippen LogP contribution in [-0.4, -0.2) is 228 Å². The quantitative estimate of drug-likeness (QED) is 0.00698. The molecule has 6 rings (SSSR count). The number of guanidine groups is 2. The smallest absolute Gasteiger partial charge is 0.437 e. The first-order valence-corrected chi connectivity index (χ1v) is 47.7. The number of esters is 6. The van der Waals surface area contributed by atoms with Gasteiger partial charge in [-0.2, -0.15) is 34.1 Å². The maximum Gasteiger partial charge on any atom is 0.437 e. The Kier molecular flexibility index (Phi) is 42.4. The molecule has 0 aliphatic rings. The molecule has 43 heteroatoms. The van der Waals surface area contributed by atoms with Crippen LogP contribution in [0.25, 0.3) is 0 Å². The van der Waals surface area contributed by atoms with Crippen molar-refractivity contribution in [1.82, 2.24) is 27.9 Å². The van der Waals surface area contributed by atoms with Crippen LogP contribution in [0.2, 0.25) is 0 Å². The first kappa shape index (κ1) is 117. The molecule has 141 heavy (non-hydrogen) atoms. The Hall–Kier alpha value is -13.2. The number of carbonyl (C=O) groups excluding carboxylic acids is 12. The molecule has 6 amide bonds. The zero-order valence-corrected chi connectivity index (χ0v) is 85.9. The third-order valence-electron chi connectivity index (χ3n) is 17.4. The molecule has 0 spiro atoms. The lowest BCUT2D eigenvalue weighted by Crippen LogP contribution is -2.55. The van der Waals surface area contributed by atoms with Gasteiger partial charge in [0.2, 0.25) is 11.9 Å². The first-order valence-electron chi connectivity index (χ1n) is 44.9. The number of hydrogen-bond donors (Lipinski definition) is 4. The van der Waals surface area contributed by atoms with E-state index in [1.54, 1.807) is 185 Å². The highest BCUT2D eigenvalue weighted by atomic mass is 32.2. The molecular formula is C98H132N10O31S2. The lowest BCUT2D eigenvalue weighted by atomic mass is 10.1. The Morgan fingerprint density at radius 3 is 0.894 bits per heavy atom. The molecular weight excluding hydrogens is 1880 g/mol. The molecule has 6 aromatic carbocycles. The highest BCUT2D eigenvalue weighted by Gasteiger charge is 2.47. The highest BCUT2D eigenvalue weighted by Crippen LogP contribution is 2.30. The van der Waals surface area contributed by atoms with Crippen LogP contribution in [0.1, 0.15) is 222 Å². The van der Waals surface area contributed by atoms with Crippen LogP contribution in [0.3, 0.4) is 0 Å². The van der Waals surface area contributed by atoms with Crippen molar-refractivity contribution < 1.29 is 145 Å². The SMILES string of the molecule is CC(C)(C)OC(=O)C[C@@H](C(=O)OC(C)(C)C)N(CCOCCOCCOCCN([C@@H](CC(=O)OC(C)(C)C)C(=O)OC(C)(C)C)S(=O)(=O)N(Cc1ccc(OC(=O)c2ccc(NC(=NC(=O)OC(C)(C)C)NC(=O)OC(C)(C)C)cc2)cc1)C(=O)OCc1ccccc1)S(=O)(=O)N(Cc1ccc(OC(=O)c2ccc(NC(=NC(=O)OC(C)(C)C)NC(=O)OC(C)(C)C)cc2)cc1)C(=O)OCc1ccccc1. The zero-order chi connectivity index (χ0) is 105. The average molecular weight is 2010 g/mol. The Labute approximate surface area is 823 Å². The molecule has 0 unspecified atom stereocenters. The molecule has 0 bridgehead atoms. The number of nitrogens with zero attached hydrogens (tertiary/aromatic N) is 6. The highest BCUT2D eigenvalue weighted by molar-refractivity contribution is 7.87. The molecule has 0 saturated carbocycles. The number of carbonyl (C=O) groups is 12. The molecule has 0 radical (unpaired) electrons. The molecule has 0 aliphatic heterocycles. The number of ether oxygens (including phenoxy) is 15. The monoisotopic (exact) mass is 2010 g/mol. The molecule has 2 atom stereocenters. The van der Waals surface area contributed by atoms with Gasteiger partial charge in [0.1, 0.15) is 81.6 Å². The van der Waals surface area contributed by atoms with Crippen molar-refractivity contribution in [3.05, 3.63) is 191 Å². The lowest BCUT2D eigenvalue weighted by Gasteiger charge is -2.35. The van der Waals surface area contributed by atoms with Crippen LogP contribution in [0.5, 0.6) is 11.5 Å². The first-order chi connectivity index (χ1) is 65.3. The summed E-state index contributed by atoms with van der Waals surface area (Å²) >= 11 is 0. The lowest BCUT2D eigenvalue weighted by molar-refractivity contribution is -0.167. The van der Waals surface area contributed by atoms with Gasteiger partial charge in [0.15, 0.2) is 0 Å². The van der Waals surface area contributed by atoms with E-state index in [0.717, 1.165) is 0 Å². The van der Waals surface area contributed by atoms with Gasteiger partial charge in [0.05, 0.1) is 76.7 Å². The van der Waals surface area contributed by atoms with Gasteiger partial charge >= 0.3 is 92.8 Å². The van der Waals surface area contributed by atoms with Crippen molar-refractivity contribution in [2.45, 2.75) is 262 Å². The number of benzene rings is 6. The molecule has 41 nitrogen and oxygen atoms in total. The maximum absolute atomic E-state index is 15.7. The van der Waals surface area contributed by atoms with Gasteiger partial charge in [0.25, 0.3) is 0 Å². The van der Waals surface area contributed by atoms with Crippen molar-refractivity contribution in [3.8, 4) is 11.5 Å². The van der Waals surface area contributed by atoms with Crippen molar-refractivity contribution in [2.24, 2.45) is 9.98 Å². The van der Waals surface area contributed by atoms with Crippen LogP contribution in [-0.2, 0) is 127 Å². The fourth-order valence-corrected chi connectivity index (χ4v) is 15.0. The van der Waals surface area contributed by atoms with Crippen molar-refractivity contribution >= 4 is 116 Å². The Balaban J connectivity index is 1.24. The Morgan fingerprint density at radius 2 is 0.610 bits per heavy atom. The second-order valence-electron chi connectivity index (χ2n) is 39.5. The van der Waals surface area contributed by atoms with E-state index >= 15 is 16.8 Å². The minimum absolute atomic E-state index is 0.0173. The largest absolute Gasteiger partial charge is 0.460 e. The van der Waals surface area contributed by atoms with E-state index in [2.05, 4.69) is 31.3 Å². The van der Waals surface area contributed by atoms with Crippen LogP contribution in [0.15, 0.2) is 168 Å². The van der Waals surface area contributed by atoms with E-state index in [1.165, 1.54) is 139 Å². The summed E-state index contributed by atoms with van der Waals surface area (Å²) in [6, 6.07) is 34.2. The van der Waals surface area contributed by atoms with Crippen LogP contribution < -0.4 is 30.7 Å². The number of anilines is 2. The number of hydrogen-bond acceptors (Lipinski definition) is 31. The van der Waals surface area contributed by atoms with Crippen LogP contribution >= 0.6 is 0 Å². The molecule has 772 valence electrons. The Morgan fingerprint density at radius 1 is 0.326 bits per heavy atom. The summed E-state index contributed by atoms with van der Waals surface area (Å²) in [5.41, 5.74) is -7.00. The molecule has 0 aromatic heterocycles. The van der Waals surface area contributed by atoms with Gasteiger partial charge in [-0.1, -0.05) is 84.9 Å². The maximum atomic E-state index is 15.7. The summed E-state index contributed by atoms with van der Waals surface area (Å²) in [6.07, 6.45) is -8.77. The topological polar surface area (TPSA) is 497 Å². The second-order valence-corrected chi connectivity index (χ2v) is 43.1. The molecule has 0 aliphatic carbocycles. The predicted molar refractivity (Wildman–Crippen MR) is 517 cm³/mol. The molecule has 0 heterocycles. The summed E-state index contributed by atoms with van der Waals surface area (Å²) in [7, 11) is -10.8. The van der Waals surface area contributed by atoms with Crippen molar-refractivity contribution in [2.75, 3.05) is 63.4 Å². The van der Waals surface area contributed by atoms with Gasteiger partial charge in [0, 0.05) is 24.5 Å². The van der Waals surface area contributed by atoms with Gasteiger partial charge in [-0.25, -0.2) is 38.4 Å². The fourth-order valence-electron chi connectivity index (χ4n) is 11.8. The predicted octanol–water partition coefficient (Wildman–Crippen LogP) is 15.6. The van der Waals surface area contributed by atoms with E-state index in [-0.39, 0.29) is 83.5 Å². The van der Waals surface area contributed by atoms with E-state index in [4.69, 9.17) is 71.1 Å². The normalized spacial score (nSPS) is 12.9. The number of aliphatic imine (C=N–C) groups is 2. The van der Waals surface area contributed by atoms with Gasteiger partial charge in [-0.3, -0.25) is 29.8 Å². The van der Waals surface area contributed by atoms with Crippen LogP contribution in [0, 0.1) is 0 Å². The van der Waals surface area contributed by atoms with E-state index < -0.39 is 215 Å². The fraction of sp³-hybridized carbons (Fsp3) is 0.490. The van der Waals surface area contributed by atoms with Crippen molar-refractivity contribution in [3.63, 3.8) is 0 Å². The van der Waals surface area contributed by atoms with E-state index in [0.29, 0.717) is 28.3 Å². The third-order valence-corrected chi connectivity index (χ3v) is 21.1. The average Bonchev–Trinajstić information content (AvgIpc) is 0.780. The summed E-state index contributed by atoms with van der Waals surface area (Å²) in [5, 5.41) is 10.3. The summed E-state index contributed by atoms with van der Waals surface area (Å²) in [4.78, 5) is 172. The standard InChI is InChI=1S/C98H132N10O31S2/c1-91(2,3)132-77(109)59-75(81(113)134-93(7,8)9)105(140(121,122)107(89(119)128-63-67-31-27-25-28-32-67)61-65-35-47-73(48-36-65)130-79(111)69-39-43-71(44-40-69)99-83(101-85(115)136-95(13,14)15)102-86(116)137-96(16,17)18)51-53-125-55-57-127-58-56-126-54-52-106(76(82(114)135-94(10,11)12)60-78(110)133-92(4,5)6)141(123,124)108(90(120)129-64-68-33-29-26-30-34-68)62-66-37-49-74(50-38-66)131-80(112)70-41-45-72(46-42-70)100-84(103-87(117)138-97(19,20)21)104-88(118)139-98(22,23)24/h25-50,75-76H,51-64H2,1-24H3,(H2,99,101,102,115,116)(H2,100,103,104,117,118)/t75-,76-/m0/s1. The second kappa shape index (κ2) is 51.3. The van der Waals surface area contributed by atoms with Gasteiger partial charge in [-0.15, -0.1) is 9.98 Å². The van der Waals surface area contributed by atoms with Crippen LogP contribution in [0.4, 0.5) is 40.1 Å². The minimum atomic E-state index is -5.42. The van der Waals surface area contributed by atoms with Gasteiger partial charge < -0.3 is 81.7 Å². The number of alkyl carbamates (subject to hydrolysis) is 2. The van der Waals surface area contributed by atoms with Gasteiger partial charge in [-0.05, 0) is 261 Å². The molecule has 0 saturated heterocycles. The minimum Gasteiger partial charge on any atom is -0.460 e. The zero-order valence-electron chi connectivity index (χ0n) is 84.2.